The molecule has 0 atom stereocenters. The summed E-state index contributed by atoms with van der Waals surface area (Å²) in [4.78, 5) is 24.2. The van der Waals surface area contributed by atoms with Gasteiger partial charge in [-0.3, -0.25) is 4.79 Å². The maximum Gasteiger partial charge on any atom is 0.334 e. The number of hydrogen-bond acceptors (Lipinski definition) is 7. The molecule has 7 heteroatoms. The predicted molar refractivity (Wildman–Crippen MR) is 108 cm³/mol. The molecule has 0 bridgehead atoms. The van der Waals surface area contributed by atoms with Gasteiger partial charge in [-0.15, -0.1) is 0 Å². The van der Waals surface area contributed by atoms with Crippen LogP contribution in [0.25, 0.3) is 5.76 Å². The summed E-state index contributed by atoms with van der Waals surface area (Å²) in [6.45, 7) is 3.56. The van der Waals surface area contributed by atoms with Crippen molar-refractivity contribution in [1.82, 2.24) is 0 Å². The number of carbonyl (C=O) groups is 2. The zero-order chi connectivity index (χ0) is 21.4. The van der Waals surface area contributed by atoms with Crippen molar-refractivity contribution in [3.05, 3.63) is 53.6 Å². The van der Waals surface area contributed by atoms with Crippen LogP contribution in [0.1, 0.15) is 36.2 Å². The third-order valence-electron chi connectivity index (χ3n) is 3.95. The van der Waals surface area contributed by atoms with Crippen molar-refractivity contribution in [2.75, 3.05) is 20.8 Å². The third kappa shape index (κ3) is 5.75. The van der Waals surface area contributed by atoms with Crippen molar-refractivity contribution in [2.45, 2.75) is 20.3 Å². The minimum Gasteiger partial charge on any atom is -0.504 e. The van der Waals surface area contributed by atoms with Crippen LogP contribution in [0.3, 0.4) is 0 Å². The second kappa shape index (κ2) is 10.2. The summed E-state index contributed by atoms with van der Waals surface area (Å²) in [5, 5.41) is 9.85. The number of Topliss-reactive ketones (excluding diaryl/α,β-unsaturated/α-hetero) is 1. The number of phenolic OH excluding ortho intramolecular Hbond substituents is 1. The number of ether oxygens (including phenoxy) is 4. The Bertz CT molecular complexity index is 915. The molecule has 1 N–H and O–H groups in total. The Balaban J connectivity index is 2.53. The van der Waals surface area contributed by atoms with Crippen LogP contribution in [0.5, 0.6) is 23.0 Å². The first-order chi connectivity index (χ1) is 13.9. The maximum atomic E-state index is 12.2. The molecular formula is C22H24O7. The number of benzene rings is 2. The Kier molecular flexibility index (Phi) is 7.65. The molecule has 0 saturated heterocycles. The van der Waals surface area contributed by atoms with Crippen molar-refractivity contribution in [3.63, 3.8) is 0 Å². The molecule has 154 valence electrons. The minimum atomic E-state index is -0.596. The normalized spacial score (nSPS) is 11.0. The average Bonchev–Trinajstić information content (AvgIpc) is 2.71. The van der Waals surface area contributed by atoms with E-state index in [1.807, 2.05) is 6.92 Å². The van der Waals surface area contributed by atoms with Crippen molar-refractivity contribution in [2.24, 2.45) is 0 Å². The Morgan fingerprint density at radius 2 is 1.79 bits per heavy atom. The van der Waals surface area contributed by atoms with Gasteiger partial charge in [0.1, 0.15) is 17.3 Å². The Hall–Kier alpha value is -3.48. The van der Waals surface area contributed by atoms with Gasteiger partial charge in [0, 0.05) is 11.6 Å². The number of carbonyl (C=O) groups excluding carboxylic acids is 2. The van der Waals surface area contributed by atoms with Crippen LogP contribution in [0, 0.1) is 0 Å². The molecule has 0 unspecified atom stereocenters. The number of methoxy groups -OCH3 is 2. The van der Waals surface area contributed by atoms with Gasteiger partial charge in [-0.25, -0.2) is 4.79 Å². The second-order valence-electron chi connectivity index (χ2n) is 6.08. The summed E-state index contributed by atoms with van der Waals surface area (Å²) in [5.41, 5.74) is 0.773. The van der Waals surface area contributed by atoms with Crippen molar-refractivity contribution in [3.8, 4) is 23.0 Å². The van der Waals surface area contributed by atoms with E-state index < -0.39 is 5.97 Å². The summed E-state index contributed by atoms with van der Waals surface area (Å²) >= 11 is 0. The van der Waals surface area contributed by atoms with Crippen LogP contribution in [-0.2, 0) is 9.53 Å². The average molecular weight is 400 g/mol. The number of aromatic hydroxyl groups is 1. The van der Waals surface area contributed by atoms with Crippen LogP contribution in [0.2, 0.25) is 0 Å². The van der Waals surface area contributed by atoms with Crippen LogP contribution >= 0.6 is 0 Å². The van der Waals surface area contributed by atoms with Gasteiger partial charge in [0.05, 0.1) is 32.5 Å². The van der Waals surface area contributed by atoms with E-state index in [1.165, 1.54) is 39.4 Å². The van der Waals surface area contributed by atoms with Crippen molar-refractivity contribution >= 4 is 17.5 Å². The first kappa shape index (κ1) is 21.8. The van der Waals surface area contributed by atoms with Crippen LogP contribution in [0.4, 0.5) is 0 Å². The van der Waals surface area contributed by atoms with Gasteiger partial charge >= 0.3 is 5.97 Å². The summed E-state index contributed by atoms with van der Waals surface area (Å²) in [7, 11) is 2.91. The minimum absolute atomic E-state index is 0.0602. The lowest BCUT2D eigenvalue weighted by Crippen LogP contribution is -2.07. The molecule has 0 aromatic heterocycles. The zero-order valence-corrected chi connectivity index (χ0v) is 16.9. The molecule has 0 radical (unpaired) electrons. The number of rotatable bonds is 9. The highest BCUT2D eigenvalue weighted by atomic mass is 16.5. The van der Waals surface area contributed by atoms with Gasteiger partial charge in [-0.1, -0.05) is 6.92 Å². The molecule has 29 heavy (non-hydrogen) atoms. The fourth-order valence-corrected chi connectivity index (χ4v) is 2.48. The van der Waals surface area contributed by atoms with Gasteiger partial charge < -0.3 is 24.1 Å². The van der Waals surface area contributed by atoms with E-state index in [4.69, 9.17) is 18.9 Å². The zero-order valence-electron chi connectivity index (χ0n) is 16.9. The van der Waals surface area contributed by atoms with Gasteiger partial charge in [-0.2, -0.15) is 0 Å². The van der Waals surface area contributed by atoms with Gasteiger partial charge in [0.15, 0.2) is 17.3 Å². The summed E-state index contributed by atoms with van der Waals surface area (Å²) in [6.07, 6.45) is 1.86. The third-order valence-corrected chi connectivity index (χ3v) is 3.95. The van der Waals surface area contributed by atoms with E-state index in [0.717, 1.165) is 0 Å². The highest BCUT2D eigenvalue weighted by molar-refractivity contribution is 5.97. The highest BCUT2D eigenvalue weighted by Crippen LogP contribution is 2.33. The SMILES string of the molecule is CCCOC(=O)/C=C(/Oc1cc(OC)ccc1C(C)=O)c1ccc(O)c(OC)c1. The largest absolute Gasteiger partial charge is 0.504 e. The molecule has 2 rings (SSSR count). The predicted octanol–water partition coefficient (Wildman–Crippen LogP) is 3.99. The molecule has 0 heterocycles. The molecule has 0 aliphatic heterocycles. The molecule has 0 aliphatic rings. The van der Waals surface area contributed by atoms with Crippen molar-refractivity contribution in [1.29, 1.82) is 0 Å². The van der Waals surface area contributed by atoms with Gasteiger partial charge in [0.25, 0.3) is 0 Å². The molecular weight excluding hydrogens is 376 g/mol. The van der Waals surface area contributed by atoms with E-state index in [1.54, 1.807) is 24.3 Å². The Labute approximate surface area is 169 Å². The van der Waals surface area contributed by atoms with E-state index in [-0.39, 0.29) is 35.4 Å². The molecule has 2 aromatic rings. The lowest BCUT2D eigenvalue weighted by molar-refractivity contribution is -0.137. The van der Waals surface area contributed by atoms with Crippen LogP contribution in [-0.4, -0.2) is 37.7 Å². The highest BCUT2D eigenvalue weighted by Gasteiger charge is 2.16. The second-order valence-corrected chi connectivity index (χ2v) is 6.08. The van der Waals surface area contributed by atoms with E-state index >= 15 is 0 Å². The Morgan fingerprint density at radius 1 is 1.03 bits per heavy atom. The van der Waals surface area contributed by atoms with E-state index in [9.17, 15) is 14.7 Å². The van der Waals surface area contributed by atoms with Crippen LogP contribution in [0.15, 0.2) is 42.5 Å². The van der Waals surface area contributed by atoms with E-state index in [2.05, 4.69) is 0 Å². The molecule has 0 aliphatic carbocycles. The number of esters is 1. The van der Waals surface area contributed by atoms with Crippen molar-refractivity contribution < 1.29 is 33.6 Å². The standard InChI is InChI=1S/C22H24O7/c1-5-10-28-22(25)13-19(15-6-9-18(24)21(11-15)27-4)29-20-12-16(26-3)7-8-17(20)14(2)23/h6-9,11-13,24H,5,10H2,1-4H3/b19-13+. The van der Waals surface area contributed by atoms with Gasteiger partial charge in [-0.05, 0) is 43.7 Å². The fourth-order valence-electron chi connectivity index (χ4n) is 2.48. The lowest BCUT2D eigenvalue weighted by atomic mass is 10.1. The molecule has 2 aromatic carbocycles. The number of hydrogen-bond donors (Lipinski definition) is 1. The lowest BCUT2D eigenvalue weighted by Gasteiger charge is -2.15. The topological polar surface area (TPSA) is 91.3 Å². The monoisotopic (exact) mass is 400 g/mol. The molecule has 0 saturated carbocycles. The van der Waals surface area contributed by atoms with E-state index in [0.29, 0.717) is 23.3 Å². The number of ketones is 1. The first-order valence-electron chi connectivity index (χ1n) is 9.02. The molecule has 7 nitrogen and oxygen atoms in total. The summed E-state index contributed by atoms with van der Waals surface area (Å²) < 4.78 is 21.4. The Morgan fingerprint density at radius 3 is 2.41 bits per heavy atom. The maximum absolute atomic E-state index is 12.2. The summed E-state index contributed by atoms with van der Waals surface area (Å²) in [5.74, 6) is 0.172. The number of phenols is 1. The fraction of sp³-hybridized carbons (Fsp3) is 0.273. The molecule has 0 spiro atoms. The van der Waals surface area contributed by atoms with Crippen LogP contribution < -0.4 is 14.2 Å². The first-order valence-corrected chi connectivity index (χ1v) is 9.02. The molecule has 0 fully saturated rings. The quantitative estimate of drug-likeness (QED) is 0.295. The summed E-state index contributed by atoms with van der Waals surface area (Å²) in [6, 6.07) is 9.28. The van der Waals surface area contributed by atoms with Gasteiger partial charge in [0.2, 0.25) is 0 Å². The smallest absolute Gasteiger partial charge is 0.334 e. The molecule has 0 amide bonds.